The summed E-state index contributed by atoms with van der Waals surface area (Å²) in [6.07, 6.45) is -0.348. The number of nitrogens with one attached hydrogen (secondary N) is 1. The highest BCUT2D eigenvalue weighted by molar-refractivity contribution is 5.97. The van der Waals surface area contributed by atoms with E-state index in [-0.39, 0.29) is 18.2 Å². The van der Waals surface area contributed by atoms with E-state index in [1.807, 2.05) is 18.2 Å². The molecule has 0 bridgehead atoms. The van der Waals surface area contributed by atoms with Crippen LogP contribution in [0.4, 0.5) is 0 Å². The molecule has 1 aliphatic carbocycles. The summed E-state index contributed by atoms with van der Waals surface area (Å²) in [5, 5.41) is 13.5. The molecule has 0 radical (unpaired) electrons. The summed E-state index contributed by atoms with van der Waals surface area (Å²) in [7, 11) is 0. The second-order valence-electron chi connectivity index (χ2n) is 7.55. The van der Waals surface area contributed by atoms with E-state index < -0.39 is 23.7 Å². The maximum Gasteiger partial charge on any atom is 0.337 e. The van der Waals surface area contributed by atoms with Crippen LogP contribution in [0.3, 0.4) is 0 Å². The first-order chi connectivity index (χ1) is 11.2. The second kappa shape index (κ2) is 7.45. The molecule has 0 spiro atoms. The molecule has 0 aliphatic heterocycles. The summed E-state index contributed by atoms with van der Waals surface area (Å²) in [4.78, 5) is 24.4. The first-order valence-corrected chi connectivity index (χ1v) is 8.41. The monoisotopic (exact) mass is 333 g/mol. The van der Waals surface area contributed by atoms with Crippen molar-refractivity contribution in [2.45, 2.75) is 51.9 Å². The van der Waals surface area contributed by atoms with E-state index in [9.17, 15) is 14.7 Å². The number of carbonyl (C=O) groups is 2. The third-order valence-electron chi connectivity index (χ3n) is 4.22. The molecule has 0 amide bonds. The van der Waals surface area contributed by atoms with E-state index in [4.69, 9.17) is 4.74 Å². The highest BCUT2D eigenvalue weighted by Gasteiger charge is 2.45. The Hall–Kier alpha value is -1.72. The molecular weight excluding hydrogens is 306 g/mol. The molecular formula is C19H27NO4. The zero-order valence-electron chi connectivity index (χ0n) is 14.8. The van der Waals surface area contributed by atoms with Gasteiger partial charge in [0.1, 0.15) is 5.60 Å². The largest absolute Gasteiger partial charge is 0.458 e. The van der Waals surface area contributed by atoms with Crippen LogP contribution in [0.25, 0.3) is 0 Å². The van der Waals surface area contributed by atoms with Crippen molar-refractivity contribution in [2.24, 2.45) is 11.8 Å². The van der Waals surface area contributed by atoms with Gasteiger partial charge < -0.3 is 15.2 Å². The fourth-order valence-corrected chi connectivity index (χ4v) is 2.79. The van der Waals surface area contributed by atoms with E-state index in [1.54, 1.807) is 32.9 Å². The number of benzene rings is 1. The molecule has 1 aromatic rings. The predicted octanol–water partition coefficient (Wildman–Crippen LogP) is 2.19. The number of Topliss-reactive ketones (excluding diaryl/α,β-unsaturated/α-hetero) is 1. The predicted molar refractivity (Wildman–Crippen MR) is 91.7 cm³/mol. The number of esters is 1. The fourth-order valence-electron chi connectivity index (χ4n) is 2.79. The normalized spacial score (nSPS) is 22.5. The van der Waals surface area contributed by atoms with Gasteiger partial charge in [-0.1, -0.05) is 37.3 Å². The van der Waals surface area contributed by atoms with Gasteiger partial charge in [-0.25, -0.2) is 4.79 Å². The summed E-state index contributed by atoms with van der Waals surface area (Å²) in [5.74, 6) is -0.112. The summed E-state index contributed by atoms with van der Waals surface area (Å²) in [6, 6.07) is 8.51. The van der Waals surface area contributed by atoms with Gasteiger partial charge in [0, 0.05) is 11.6 Å². The van der Waals surface area contributed by atoms with E-state index in [0.717, 1.165) is 6.42 Å². The zero-order chi connectivity index (χ0) is 17.9. The minimum atomic E-state index is -1.28. The Morgan fingerprint density at radius 2 is 1.88 bits per heavy atom. The van der Waals surface area contributed by atoms with Crippen LogP contribution in [0.5, 0.6) is 0 Å². The molecule has 5 nitrogen and oxygen atoms in total. The van der Waals surface area contributed by atoms with Crippen molar-refractivity contribution >= 4 is 11.8 Å². The SMILES string of the molecule is C[C@H]1C[C@@H]1[C@H](NCC(=O)c1ccccc1)[C@@H](O)C(=O)OC(C)(C)C. The van der Waals surface area contributed by atoms with Crippen molar-refractivity contribution in [1.29, 1.82) is 0 Å². The van der Waals surface area contributed by atoms with Crippen molar-refractivity contribution in [3.63, 3.8) is 0 Å². The van der Waals surface area contributed by atoms with Gasteiger partial charge in [0.25, 0.3) is 0 Å². The average Bonchev–Trinajstić information content (AvgIpc) is 3.22. The molecule has 5 heteroatoms. The van der Waals surface area contributed by atoms with Gasteiger partial charge in [0.05, 0.1) is 6.54 Å². The molecule has 24 heavy (non-hydrogen) atoms. The third kappa shape index (κ3) is 5.14. The van der Waals surface area contributed by atoms with Crippen molar-refractivity contribution in [3.8, 4) is 0 Å². The van der Waals surface area contributed by atoms with E-state index >= 15 is 0 Å². The van der Waals surface area contributed by atoms with Gasteiger partial charge in [-0.2, -0.15) is 0 Å². The Balaban J connectivity index is 1.99. The number of hydrogen-bond donors (Lipinski definition) is 2. The van der Waals surface area contributed by atoms with Crippen molar-refractivity contribution in [1.82, 2.24) is 5.32 Å². The lowest BCUT2D eigenvalue weighted by Crippen LogP contribution is -2.49. The lowest BCUT2D eigenvalue weighted by Gasteiger charge is -2.27. The van der Waals surface area contributed by atoms with Crippen LogP contribution in [-0.2, 0) is 9.53 Å². The topological polar surface area (TPSA) is 75.6 Å². The molecule has 0 saturated heterocycles. The van der Waals surface area contributed by atoms with Crippen molar-refractivity contribution in [3.05, 3.63) is 35.9 Å². The lowest BCUT2D eigenvalue weighted by molar-refractivity contribution is -0.167. The van der Waals surface area contributed by atoms with Gasteiger partial charge in [-0.05, 0) is 39.0 Å². The number of ether oxygens (including phenoxy) is 1. The van der Waals surface area contributed by atoms with Crippen LogP contribution in [-0.4, -0.2) is 41.2 Å². The van der Waals surface area contributed by atoms with Crippen LogP contribution < -0.4 is 5.32 Å². The summed E-state index contributed by atoms with van der Waals surface area (Å²) >= 11 is 0. The van der Waals surface area contributed by atoms with Gasteiger partial charge in [-0.3, -0.25) is 4.79 Å². The van der Waals surface area contributed by atoms with Crippen molar-refractivity contribution in [2.75, 3.05) is 6.54 Å². The van der Waals surface area contributed by atoms with Gasteiger partial charge in [-0.15, -0.1) is 0 Å². The van der Waals surface area contributed by atoms with Gasteiger partial charge in [0.15, 0.2) is 11.9 Å². The molecule has 0 unspecified atom stereocenters. The van der Waals surface area contributed by atoms with Crippen LogP contribution >= 0.6 is 0 Å². The number of aliphatic hydroxyl groups excluding tert-OH is 1. The minimum absolute atomic E-state index is 0.0645. The van der Waals surface area contributed by atoms with Crippen LogP contribution in [0.1, 0.15) is 44.5 Å². The molecule has 1 aliphatic rings. The average molecular weight is 333 g/mol. The first kappa shape index (κ1) is 18.6. The second-order valence-corrected chi connectivity index (χ2v) is 7.55. The molecule has 0 heterocycles. The van der Waals surface area contributed by atoms with E-state index in [2.05, 4.69) is 12.2 Å². The van der Waals surface area contributed by atoms with Crippen LogP contribution in [0.15, 0.2) is 30.3 Å². The molecule has 1 saturated carbocycles. The molecule has 4 atom stereocenters. The standard InChI is InChI=1S/C19H27NO4/c1-12-10-14(12)16(17(22)18(23)24-19(2,3)4)20-11-15(21)13-8-6-5-7-9-13/h5-9,12,14,16-17,20,22H,10-11H2,1-4H3/t12-,14-,16-,17+/m0/s1. The number of rotatable bonds is 7. The maximum absolute atomic E-state index is 12.2. The Morgan fingerprint density at radius 1 is 1.29 bits per heavy atom. The van der Waals surface area contributed by atoms with Gasteiger partial charge in [0.2, 0.25) is 0 Å². The highest BCUT2D eigenvalue weighted by atomic mass is 16.6. The van der Waals surface area contributed by atoms with Crippen LogP contribution in [0, 0.1) is 11.8 Å². The summed E-state index contributed by atoms with van der Waals surface area (Å²) in [5.41, 5.74) is -0.0446. The molecule has 2 rings (SSSR count). The number of aliphatic hydroxyl groups is 1. The summed E-state index contributed by atoms with van der Waals surface area (Å²) < 4.78 is 5.27. The van der Waals surface area contributed by atoms with E-state index in [1.165, 1.54) is 0 Å². The smallest absolute Gasteiger partial charge is 0.337 e. The minimum Gasteiger partial charge on any atom is -0.458 e. The Labute approximate surface area is 143 Å². The quantitative estimate of drug-likeness (QED) is 0.591. The van der Waals surface area contributed by atoms with E-state index in [0.29, 0.717) is 11.5 Å². The lowest BCUT2D eigenvalue weighted by atomic mass is 10.0. The Bertz CT molecular complexity index is 579. The van der Waals surface area contributed by atoms with Gasteiger partial charge >= 0.3 is 5.97 Å². The third-order valence-corrected chi connectivity index (χ3v) is 4.22. The number of hydrogen-bond acceptors (Lipinski definition) is 5. The molecule has 132 valence electrons. The van der Waals surface area contributed by atoms with Crippen molar-refractivity contribution < 1.29 is 19.4 Å². The molecule has 1 fully saturated rings. The summed E-state index contributed by atoms with van der Waals surface area (Å²) in [6.45, 7) is 7.44. The molecule has 2 N–H and O–H groups in total. The Morgan fingerprint density at radius 3 is 2.38 bits per heavy atom. The fraction of sp³-hybridized carbons (Fsp3) is 0.579. The number of carbonyl (C=O) groups excluding carboxylic acids is 2. The zero-order valence-corrected chi connectivity index (χ0v) is 14.8. The molecule has 0 aromatic heterocycles. The Kier molecular flexibility index (Phi) is 5.78. The number of ketones is 1. The van der Waals surface area contributed by atoms with Crippen LogP contribution in [0.2, 0.25) is 0 Å². The first-order valence-electron chi connectivity index (χ1n) is 8.41. The highest BCUT2D eigenvalue weighted by Crippen LogP contribution is 2.41. The molecule has 1 aromatic carbocycles. The maximum atomic E-state index is 12.2.